The maximum Gasteiger partial charge on any atom is 0.211 e. The van der Waals surface area contributed by atoms with Crippen LogP contribution in [-0.4, -0.2) is 6.54 Å². The number of hydrogen-bond donors (Lipinski definition) is 0. The molecule has 0 saturated heterocycles. The third-order valence-corrected chi connectivity index (χ3v) is 4.47. The smallest absolute Gasteiger partial charge is 0.211 e. The van der Waals surface area contributed by atoms with Crippen LogP contribution in [0.4, 0.5) is 5.69 Å². The van der Waals surface area contributed by atoms with Gasteiger partial charge in [0.25, 0.3) is 0 Å². The van der Waals surface area contributed by atoms with Crippen LogP contribution in [-0.2, 0) is 0 Å². The summed E-state index contributed by atoms with van der Waals surface area (Å²) in [5.41, 5.74) is 5.25. The molecule has 1 aromatic heterocycles. The predicted molar refractivity (Wildman–Crippen MR) is 104 cm³/mol. The number of nitriles is 1. The lowest BCUT2D eigenvalue weighted by molar-refractivity contribution is -0.595. The van der Waals surface area contributed by atoms with E-state index in [9.17, 15) is 0 Å². The summed E-state index contributed by atoms with van der Waals surface area (Å²) in [5.74, 6) is 0. The molecule has 0 amide bonds. The maximum absolute atomic E-state index is 9.05. The van der Waals surface area contributed by atoms with Gasteiger partial charge in [0.05, 0.1) is 11.6 Å². The topological polar surface area (TPSA) is 30.9 Å². The fourth-order valence-corrected chi connectivity index (χ4v) is 3.05. The van der Waals surface area contributed by atoms with Crippen LogP contribution in [0.5, 0.6) is 0 Å². The molecule has 0 spiro atoms. The van der Waals surface area contributed by atoms with Crippen molar-refractivity contribution >= 4 is 11.3 Å². The second-order valence-corrected chi connectivity index (χ2v) is 6.12. The standard InChI is InChI=1S/C23H18N3/c24-18-19-5-4-8-23(17-19)26-15-11-21(12-16-26)20-9-13-25(14-10-20)22-6-2-1-3-7-22/h1-13,15-17H,14H2/q+1. The Balaban J connectivity index is 1.52. The highest BCUT2D eigenvalue weighted by Crippen LogP contribution is 2.22. The fourth-order valence-electron chi connectivity index (χ4n) is 3.05. The van der Waals surface area contributed by atoms with E-state index in [0.717, 1.165) is 12.2 Å². The zero-order chi connectivity index (χ0) is 17.8. The zero-order valence-electron chi connectivity index (χ0n) is 14.3. The van der Waals surface area contributed by atoms with Gasteiger partial charge < -0.3 is 4.90 Å². The van der Waals surface area contributed by atoms with E-state index in [4.69, 9.17) is 5.26 Å². The second-order valence-electron chi connectivity index (χ2n) is 6.12. The van der Waals surface area contributed by atoms with E-state index in [1.807, 2.05) is 47.3 Å². The Bertz CT molecular complexity index is 1010. The Kier molecular flexibility index (Phi) is 4.32. The van der Waals surface area contributed by atoms with Gasteiger partial charge in [0, 0.05) is 42.7 Å². The summed E-state index contributed by atoms with van der Waals surface area (Å²) in [6.07, 6.45) is 10.6. The molecule has 2 aromatic carbocycles. The van der Waals surface area contributed by atoms with E-state index in [0.29, 0.717) is 5.56 Å². The Labute approximate surface area is 153 Å². The first kappa shape index (κ1) is 15.9. The molecule has 0 aliphatic carbocycles. The van der Waals surface area contributed by atoms with E-state index in [1.165, 1.54) is 16.8 Å². The van der Waals surface area contributed by atoms with Crippen LogP contribution in [0.2, 0.25) is 0 Å². The molecule has 3 aromatic rings. The maximum atomic E-state index is 9.05. The Morgan fingerprint density at radius 1 is 0.923 bits per heavy atom. The van der Waals surface area contributed by atoms with Crippen LogP contribution in [0.1, 0.15) is 11.1 Å². The molecule has 2 heterocycles. The quantitative estimate of drug-likeness (QED) is 0.670. The van der Waals surface area contributed by atoms with Gasteiger partial charge in [-0.2, -0.15) is 9.83 Å². The summed E-state index contributed by atoms with van der Waals surface area (Å²) < 4.78 is 2.02. The number of nitrogens with zero attached hydrogens (tertiary/aromatic N) is 3. The highest BCUT2D eigenvalue weighted by atomic mass is 15.1. The number of hydrogen-bond acceptors (Lipinski definition) is 2. The van der Waals surface area contributed by atoms with Gasteiger partial charge in [0.2, 0.25) is 5.69 Å². The SMILES string of the molecule is N#Cc1cccc(-[n+]2ccc(C3=CCN(c4ccccc4)C=C3)cc2)c1. The van der Waals surface area contributed by atoms with Crippen molar-refractivity contribution in [1.82, 2.24) is 0 Å². The van der Waals surface area contributed by atoms with Crippen LogP contribution >= 0.6 is 0 Å². The van der Waals surface area contributed by atoms with Gasteiger partial charge >= 0.3 is 0 Å². The van der Waals surface area contributed by atoms with Gasteiger partial charge in [0.15, 0.2) is 12.4 Å². The van der Waals surface area contributed by atoms with E-state index in [2.05, 4.69) is 65.7 Å². The van der Waals surface area contributed by atoms with Crippen LogP contribution in [0.25, 0.3) is 11.3 Å². The summed E-state index contributed by atoms with van der Waals surface area (Å²) in [6, 6.07) is 24.4. The summed E-state index contributed by atoms with van der Waals surface area (Å²) >= 11 is 0. The molecule has 1 aliphatic rings. The molecule has 3 heteroatoms. The van der Waals surface area contributed by atoms with Crippen molar-refractivity contribution in [1.29, 1.82) is 5.26 Å². The Hall–Kier alpha value is -3.64. The molecule has 124 valence electrons. The van der Waals surface area contributed by atoms with Gasteiger partial charge in [-0.15, -0.1) is 0 Å². The first-order chi connectivity index (χ1) is 12.8. The molecule has 0 unspecified atom stereocenters. The van der Waals surface area contributed by atoms with Crippen molar-refractivity contribution in [2.75, 3.05) is 11.4 Å². The van der Waals surface area contributed by atoms with E-state index in [1.54, 1.807) is 0 Å². The molecule has 26 heavy (non-hydrogen) atoms. The van der Waals surface area contributed by atoms with Crippen molar-refractivity contribution < 1.29 is 4.57 Å². The van der Waals surface area contributed by atoms with Gasteiger partial charge in [-0.3, -0.25) is 0 Å². The fraction of sp³-hybridized carbons (Fsp3) is 0.0435. The molecular formula is C23H18N3+. The van der Waals surface area contributed by atoms with Crippen LogP contribution in [0.15, 0.2) is 97.5 Å². The number of pyridine rings is 1. The highest BCUT2D eigenvalue weighted by Gasteiger charge is 2.11. The van der Waals surface area contributed by atoms with Crippen LogP contribution in [0.3, 0.4) is 0 Å². The molecular weight excluding hydrogens is 318 g/mol. The van der Waals surface area contributed by atoms with Crippen molar-refractivity contribution in [3.05, 3.63) is 109 Å². The minimum atomic E-state index is 0.665. The van der Waals surface area contributed by atoms with Gasteiger partial charge in [-0.1, -0.05) is 30.3 Å². The molecule has 0 fully saturated rings. The van der Waals surface area contributed by atoms with Crippen molar-refractivity contribution in [3.8, 4) is 11.8 Å². The van der Waals surface area contributed by atoms with Crippen molar-refractivity contribution in [3.63, 3.8) is 0 Å². The largest absolute Gasteiger partial charge is 0.344 e. The average molecular weight is 336 g/mol. The third-order valence-electron chi connectivity index (χ3n) is 4.47. The summed E-state index contributed by atoms with van der Waals surface area (Å²) in [4.78, 5) is 2.22. The third kappa shape index (κ3) is 3.26. The van der Waals surface area contributed by atoms with E-state index >= 15 is 0 Å². The zero-order valence-corrected chi connectivity index (χ0v) is 14.3. The molecule has 3 nitrogen and oxygen atoms in total. The molecule has 0 radical (unpaired) electrons. The Morgan fingerprint density at radius 3 is 2.42 bits per heavy atom. The number of anilines is 1. The molecule has 4 rings (SSSR count). The van der Waals surface area contributed by atoms with E-state index in [-0.39, 0.29) is 0 Å². The van der Waals surface area contributed by atoms with Crippen molar-refractivity contribution in [2.24, 2.45) is 0 Å². The first-order valence-corrected chi connectivity index (χ1v) is 8.56. The molecule has 0 saturated carbocycles. The van der Waals surface area contributed by atoms with Gasteiger partial charge in [0.1, 0.15) is 0 Å². The number of benzene rings is 2. The van der Waals surface area contributed by atoms with Gasteiger partial charge in [-0.05, 0) is 35.4 Å². The summed E-state index contributed by atoms with van der Waals surface area (Å²) in [7, 11) is 0. The second kappa shape index (κ2) is 7.08. The minimum absolute atomic E-state index is 0.665. The molecule has 0 bridgehead atoms. The summed E-state index contributed by atoms with van der Waals surface area (Å²) in [6.45, 7) is 0.856. The average Bonchev–Trinajstić information content (AvgIpc) is 2.75. The first-order valence-electron chi connectivity index (χ1n) is 8.56. The Morgan fingerprint density at radius 2 is 1.73 bits per heavy atom. The molecule has 0 atom stereocenters. The number of allylic oxidation sites excluding steroid dienone is 2. The van der Waals surface area contributed by atoms with Gasteiger partial charge in [-0.25, -0.2) is 0 Å². The van der Waals surface area contributed by atoms with E-state index < -0.39 is 0 Å². The lowest BCUT2D eigenvalue weighted by atomic mass is 10.0. The minimum Gasteiger partial charge on any atom is -0.344 e. The number of aromatic nitrogens is 1. The predicted octanol–water partition coefficient (Wildman–Crippen LogP) is 4.25. The van der Waals surface area contributed by atoms with Crippen molar-refractivity contribution in [2.45, 2.75) is 0 Å². The van der Waals surface area contributed by atoms with Crippen LogP contribution < -0.4 is 9.47 Å². The normalized spacial score (nSPS) is 13.2. The monoisotopic (exact) mass is 336 g/mol. The lowest BCUT2D eigenvalue weighted by Crippen LogP contribution is -2.29. The molecule has 1 aliphatic heterocycles. The summed E-state index contributed by atoms with van der Waals surface area (Å²) in [5, 5.41) is 9.05. The number of para-hydroxylation sites is 1. The van der Waals surface area contributed by atoms with Crippen LogP contribution in [0, 0.1) is 11.3 Å². The highest BCUT2D eigenvalue weighted by molar-refractivity contribution is 5.76. The molecule has 0 N–H and O–H groups in total. The number of rotatable bonds is 3. The lowest BCUT2D eigenvalue weighted by Gasteiger charge is -2.22.